The molecule has 22 heteroatoms. The summed E-state index contributed by atoms with van der Waals surface area (Å²) in [6, 6.07) is 28.9. The van der Waals surface area contributed by atoms with Gasteiger partial charge in [0.2, 0.25) is 32.3 Å². The molecule has 2 heterocycles. The van der Waals surface area contributed by atoms with Crippen LogP contribution in [0.15, 0.2) is 90.8 Å². The van der Waals surface area contributed by atoms with Crippen LogP contribution in [0.3, 0.4) is 0 Å². The first-order valence-corrected chi connectivity index (χ1v) is 27.3. The molecular weight excluding hydrogens is 1020 g/mol. The summed E-state index contributed by atoms with van der Waals surface area (Å²) in [6.45, 7) is 0.340. The Kier molecular flexibility index (Phi) is 16.2. The maximum absolute atomic E-state index is 11.9. The van der Waals surface area contributed by atoms with E-state index in [9.17, 15) is 27.4 Å². The highest BCUT2D eigenvalue weighted by molar-refractivity contribution is 7.92. The van der Waals surface area contributed by atoms with E-state index in [1.54, 1.807) is 42.5 Å². The van der Waals surface area contributed by atoms with Crippen molar-refractivity contribution < 1.29 is 35.8 Å². The number of nitrogen functional groups attached to an aromatic ring is 1. The molecule has 1 aliphatic carbocycles. The van der Waals surface area contributed by atoms with E-state index in [0.29, 0.717) is 49.4 Å². The van der Waals surface area contributed by atoms with E-state index in [2.05, 4.69) is 43.7 Å². The standard InChI is InChI=1S/C48H48Cl4N8O8S2/c1-60-38(27-68-46(60)59-70(3,63)64)12-7-30-5-8-33(9-6-30)47(35-19-31(24-53)43(40(51)21-35)65-17-4-15-49)28-48(29-47,36-20-32(25-54)44(41(52)22-36)66-18-16-50)34-10-13-39(14-11-34)67-26-37-23-42(55)57-45(56-37)58-69(2,61)62/h5-6,8-11,13-14,19-23,27,46,59H,4,7,12,15-18,26,28-29H2,1-3H3,(H3,55,56,57,58). The fourth-order valence-corrected chi connectivity index (χ4v) is 10.5. The molecule has 1 unspecified atom stereocenters. The summed E-state index contributed by atoms with van der Waals surface area (Å²) >= 11 is 25.9. The van der Waals surface area contributed by atoms with Gasteiger partial charge in [0.1, 0.15) is 43.2 Å². The molecule has 1 aromatic heterocycles. The van der Waals surface area contributed by atoms with Gasteiger partial charge in [-0.25, -0.2) is 21.8 Å². The second kappa shape index (κ2) is 21.7. The van der Waals surface area contributed by atoms with E-state index < -0.39 is 37.2 Å². The molecule has 0 spiro atoms. The lowest BCUT2D eigenvalue weighted by Gasteiger charge is -2.58. The Balaban J connectivity index is 1.28. The van der Waals surface area contributed by atoms with Gasteiger partial charge in [0.05, 0.1) is 57.6 Å². The molecule has 1 saturated carbocycles. The Bertz CT molecular complexity index is 3090. The number of ether oxygens (including phenoxy) is 4. The Labute approximate surface area is 427 Å². The third-order valence-corrected chi connectivity index (χ3v) is 14.2. The summed E-state index contributed by atoms with van der Waals surface area (Å²) in [6.07, 6.45) is 5.34. The molecule has 2 aliphatic rings. The molecule has 4 N–H and O–H groups in total. The number of allylic oxidation sites excluding steroid dienone is 1. The topological polar surface area (TPSA) is 232 Å². The molecule has 0 saturated heterocycles. The van der Waals surface area contributed by atoms with Gasteiger partial charge in [0.25, 0.3) is 0 Å². The molecule has 5 aromatic rings. The molecule has 16 nitrogen and oxygen atoms in total. The van der Waals surface area contributed by atoms with Crippen LogP contribution in [0.2, 0.25) is 10.0 Å². The first-order valence-electron chi connectivity index (χ1n) is 21.6. The van der Waals surface area contributed by atoms with Crippen LogP contribution in [0, 0.1) is 22.7 Å². The van der Waals surface area contributed by atoms with Gasteiger partial charge < -0.3 is 29.6 Å². The van der Waals surface area contributed by atoms with E-state index in [1.165, 1.54) is 6.07 Å². The lowest BCUT2D eigenvalue weighted by molar-refractivity contribution is 0.0589. The van der Waals surface area contributed by atoms with Gasteiger partial charge in [-0.2, -0.15) is 20.2 Å². The third kappa shape index (κ3) is 11.9. The summed E-state index contributed by atoms with van der Waals surface area (Å²) < 4.78 is 75.7. The number of anilines is 2. The Morgan fingerprint density at radius 3 is 1.87 bits per heavy atom. The zero-order valence-corrected chi connectivity index (χ0v) is 42.8. The second-order valence-electron chi connectivity index (χ2n) is 16.9. The van der Waals surface area contributed by atoms with Gasteiger partial charge >= 0.3 is 0 Å². The molecule has 4 aromatic carbocycles. The van der Waals surface area contributed by atoms with Crippen molar-refractivity contribution in [3.8, 4) is 29.4 Å². The highest BCUT2D eigenvalue weighted by Gasteiger charge is 2.58. The van der Waals surface area contributed by atoms with E-state index in [-0.39, 0.29) is 70.1 Å². The van der Waals surface area contributed by atoms with Gasteiger partial charge in [-0.1, -0.05) is 59.6 Å². The van der Waals surface area contributed by atoms with Gasteiger partial charge in [0, 0.05) is 29.8 Å². The first-order chi connectivity index (χ1) is 33.3. The van der Waals surface area contributed by atoms with Crippen LogP contribution < -0.4 is 29.4 Å². The Morgan fingerprint density at radius 1 is 0.771 bits per heavy atom. The molecule has 7 rings (SSSR count). The van der Waals surface area contributed by atoms with E-state index in [4.69, 9.17) is 71.1 Å². The van der Waals surface area contributed by atoms with Crippen LogP contribution in [-0.4, -0.2) is 82.6 Å². The van der Waals surface area contributed by atoms with Gasteiger partial charge in [-0.05, 0) is 96.3 Å². The lowest BCUT2D eigenvalue weighted by atomic mass is 9.44. The van der Waals surface area contributed by atoms with Gasteiger partial charge in [-0.15, -0.1) is 23.2 Å². The van der Waals surface area contributed by atoms with Crippen molar-refractivity contribution in [1.29, 1.82) is 10.5 Å². The minimum Gasteiger partial charge on any atom is -0.491 e. The summed E-state index contributed by atoms with van der Waals surface area (Å²) in [5, 5.41) is 21.4. The van der Waals surface area contributed by atoms with Crippen molar-refractivity contribution in [2.75, 3.05) is 55.0 Å². The van der Waals surface area contributed by atoms with Crippen molar-refractivity contribution in [3.05, 3.63) is 146 Å². The Hall–Kier alpha value is -5.70. The Morgan fingerprint density at radius 2 is 1.34 bits per heavy atom. The predicted molar refractivity (Wildman–Crippen MR) is 269 cm³/mol. The molecule has 368 valence electrons. The monoisotopic (exact) mass is 1070 g/mol. The lowest BCUT2D eigenvalue weighted by Crippen LogP contribution is -2.54. The second-order valence-corrected chi connectivity index (χ2v) is 22.0. The number of halogens is 4. The number of sulfonamides is 2. The van der Waals surface area contributed by atoms with Crippen LogP contribution in [0.1, 0.15) is 70.3 Å². The number of aromatic nitrogens is 2. The smallest absolute Gasteiger partial charge is 0.241 e. The van der Waals surface area contributed by atoms with Crippen LogP contribution in [0.5, 0.6) is 17.2 Å². The van der Waals surface area contributed by atoms with Crippen LogP contribution in [0.25, 0.3) is 0 Å². The average molecular weight is 1070 g/mol. The van der Waals surface area contributed by atoms with Gasteiger partial charge in [0.15, 0.2) is 11.5 Å². The molecular formula is C48H48Cl4N8O8S2. The number of nitrogens with zero attached hydrogens (tertiary/aromatic N) is 5. The number of hydrogen-bond acceptors (Lipinski definition) is 14. The number of aryl methyl sites for hydroxylation is 1. The van der Waals surface area contributed by atoms with Crippen molar-refractivity contribution >= 4 is 78.2 Å². The molecule has 1 aliphatic heterocycles. The zero-order chi connectivity index (χ0) is 50.4. The molecule has 1 fully saturated rings. The summed E-state index contributed by atoms with van der Waals surface area (Å²) in [4.78, 5) is 9.92. The number of alkyl halides is 2. The minimum atomic E-state index is -3.67. The number of nitrogens with two attached hydrogens (primary N) is 1. The highest BCUT2D eigenvalue weighted by atomic mass is 35.5. The summed E-state index contributed by atoms with van der Waals surface area (Å²) in [5.74, 6) is 1.38. The third-order valence-electron chi connectivity index (χ3n) is 12.0. The number of nitrogens with one attached hydrogen (secondary N) is 2. The summed E-state index contributed by atoms with van der Waals surface area (Å²) in [7, 11) is -5.42. The van der Waals surface area contributed by atoms with Gasteiger partial charge in [-0.3, -0.25) is 4.72 Å². The van der Waals surface area contributed by atoms with Crippen LogP contribution in [-0.2, 0) is 48.6 Å². The maximum atomic E-state index is 11.9. The highest BCUT2D eigenvalue weighted by Crippen LogP contribution is 2.64. The van der Waals surface area contributed by atoms with E-state index in [1.807, 2.05) is 36.4 Å². The SMILES string of the molecule is CN1C(CCc2ccc(C3(c4cc(Cl)c(OCCCCl)c(C#N)c4)CC(c4ccc(OCc5cc(N)nc(NS(C)(=O)=O)n5)cc4)(c4cc(Cl)c(OCCCl)c(C#N)c4)C3)cc2)=COC1NS(C)(=O)=O. The van der Waals surface area contributed by atoms with Crippen molar-refractivity contribution in [1.82, 2.24) is 19.6 Å². The first kappa shape index (κ1) is 52.1. The largest absolute Gasteiger partial charge is 0.491 e. The predicted octanol–water partition coefficient (Wildman–Crippen LogP) is 8.32. The average Bonchev–Trinajstić information content (AvgIpc) is 3.63. The fourth-order valence-electron chi connectivity index (χ4n) is 8.78. The van der Waals surface area contributed by atoms with Crippen LogP contribution in [0.4, 0.5) is 11.8 Å². The quantitative estimate of drug-likeness (QED) is 0.0464. The number of rotatable bonds is 21. The zero-order valence-electron chi connectivity index (χ0n) is 38.1. The maximum Gasteiger partial charge on any atom is 0.241 e. The number of hydrogen-bond donors (Lipinski definition) is 3. The van der Waals surface area contributed by atoms with Crippen LogP contribution >= 0.6 is 46.4 Å². The minimum absolute atomic E-state index is 0.0513. The molecule has 0 amide bonds. The van der Waals surface area contributed by atoms with Crippen molar-refractivity contribution in [3.63, 3.8) is 0 Å². The van der Waals surface area contributed by atoms with E-state index in [0.717, 1.165) is 46.0 Å². The normalized spacial score (nSPS) is 18.7. The molecule has 0 bridgehead atoms. The van der Waals surface area contributed by atoms with Crippen molar-refractivity contribution in [2.45, 2.75) is 55.9 Å². The molecule has 1 atom stereocenters. The fraction of sp³-hybridized carbons (Fsp3) is 0.333. The number of nitriles is 2. The molecule has 70 heavy (non-hydrogen) atoms. The summed E-state index contributed by atoms with van der Waals surface area (Å²) in [5.41, 5.74) is 10.3. The van der Waals surface area contributed by atoms with E-state index >= 15 is 0 Å². The number of benzene rings is 4. The van der Waals surface area contributed by atoms with Crippen molar-refractivity contribution in [2.24, 2.45) is 0 Å². The molecule has 0 radical (unpaired) electrons.